The Hall–Kier alpha value is -1.18. The van der Waals surface area contributed by atoms with Crippen LogP contribution in [-0.2, 0) is 9.53 Å². The first-order valence-corrected chi connectivity index (χ1v) is 6.70. The summed E-state index contributed by atoms with van der Waals surface area (Å²) in [5, 5.41) is 2.11. The van der Waals surface area contributed by atoms with E-state index in [1.54, 1.807) is 6.92 Å². The third-order valence-corrected chi connectivity index (χ3v) is 3.35. The zero-order valence-corrected chi connectivity index (χ0v) is 11.4. The van der Waals surface area contributed by atoms with Crippen molar-refractivity contribution in [2.45, 2.75) is 38.3 Å². The normalized spacial score (nSPS) is 19.1. The third kappa shape index (κ3) is 5.54. The molecule has 1 aliphatic heterocycles. The molecular weight excluding hydrogens is 248 g/mol. The molecule has 1 rings (SSSR count). The number of rotatable bonds is 6. The van der Waals surface area contributed by atoms with Gasteiger partial charge in [-0.15, -0.1) is 0 Å². The van der Waals surface area contributed by atoms with Gasteiger partial charge in [-0.2, -0.15) is 0 Å². The predicted octanol–water partition coefficient (Wildman–Crippen LogP) is -0.600. The first-order chi connectivity index (χ1) is 9.04. The van der Waals surface area contributed by atoms with Gasteiger partial charge in [-0.3, -0.25) is 15.0 Å². The second-order valence-corrected chi connectivity index (χ2v) is 4.78. The van der Waals surface area contributed by atoms with Crippen LogP contribution in [0.4, 0.5) is 4.79 Å². The number of carbonyl (C=O) groups is 2. The number of primary amides is 1. The summed E-state index contributed by atoms with van der Waals surface area (Å²) in [7, 11) is 0. The minimum atomic E-state index is -0.808. The van der Waals surface area contributed by atoms with Crippen LogP contribution in [0.2, 0.25) is 0 Å². The summed E-state index contributed by atoms with van der Waals surface area (Å²) < 4.78 is 5.70. The summed E-state index contributed by atoms with van der Waals surface area (Å²) in [6.45, 7) is 4.66. The number of ether oxygens (including phenoxy) is 1. The van der Waals surface area contributed by atoms with Crippen molar-refractivity contribution < 1.29 is 14.3 Å². The molecule has 0 aromatic carbocycles. The Morgan fingerprint density at radius 1 is 1.42 bits per heavy atom. The van der Waals surface area contributed by atoms with E-state index in [1.807, 2.05) is 4.90 Å². The van der Waals surface area contributed by atoms with Crippen LogP contribution < -0.4 is 16.8 Å². The Bertz CT molecular complexity index is 303. The van der Waals surface area contributed by atoms with Gasteiger partial charge in [0.15, 0.2) is 0 Å². The summed E-state index contributed by atoms with van der Waals surface area (Å²) in [5.74, 6) is -0.352. The Kier molecular flexibility index (Phi) is 6.75. The molecule has 1 heterocycles. The van der Waals surface area contributed by atoms with E-state index in [2.05, 4.69) is 5.32 Å². The quantitative estimate of drug-likeness (QED) is 0.559. The highest BCUT2D eigenvalue weighted by Gasteiger charge is 2.27. The summed E-state index contributed by atoms with van der Waals surface area (Å²) in [5.41, 5.74) is 10.3. The summed E-state index contributed by atoms with van der Waals surface area (Å²) in [4.78, 5) is 24.3. The van der Waals surface area contributed by atoms with Gasteiger partial charge in [0.1, 0.15) is 0 Å². The van der Waals surface area contributed by atoms with Gasteiger partial charge in [0.25, 0.3) is 0 Å². The van der Waals surface area contributed by atoms with Crippen LogP contribution in [0, 0.1) is 0 Å². The number of nitrogens with zero attached hydrogens (tertiary/aromatic N) is 1. The van der Waals surface area contributed by atoms with Crippen molar-refractivity contribution in [1.82, 2.24) is 10.2 Å². The standard InChI is InChI=1S/C12H24N4O3/c1-9(11(17)15-12(14)18)16-6-3-10(4-7-16)19-8-2-5-13/h9-10H,2-8,13H2,1H3,(H3,14,15,17,18). The van der Waals surface area contributed by atoms with Gasteiger partial charge >= 0.3 is 6.03 Å². The molecule has 0 spiro atoms. The van der Waals surface area contributed by atoms with Crippen molar-refractivity contribution in [1.29, 1.82) is 0 Å². The molecule has 0 bridgehead atoms. The van der Waals surface area contributed by atoms with Gasteiger partial charge in [-0.25, -0.2) is 4.79 Å². The molecule has 1 fully saturated rings. The Morgan fingerprint density at radius 2 is 2.05 bits per heavy atom. The van der Waals surface area contributed by atoms with E-state index in [1.165, 1.54) is 0 Å². The van der Waals surface area contributed by atoms with E-state index in [0.29, 0.717) is 13.2 Å². The molecule has 5 N–H and O–H groups in total. The lowest BCUT2D eigenvalue weighted by Gasteiger charge is -2.35. The number of likely N-dealkylation sites (tertiary alicyclic amines) is 1. The molecule has 0 saturated carbocycles. The first kappa shape index (κ1) is 15.9. The molecule has 1 atom stereocenters. The molecule has 1 unspecified atom stereocenters. The Morgan fingerprint density at radius 3 is 2.58 bits per heavy atom. The second-order valence-electron chi connectivity index (χ2n) is 4.78. The van der Waals surface area contributed by atoms with Gasteiger partial charge in [0.05, 0.1) is 12.1 Å². The smallest absolute Gasteiger partial charge is 0.318 e. The minimum absolute atomic E-state index is 0.245. The molecule has 3 amide bonds. The van der Waals surface area contributed by atoms with E-state index < -0.39 is 6.03 Å². The SMILES string of the molecule is CC(C(=O)NC(N)=O)N1CCC(OCCCN)CC1. The van der Waals surface area contributed by atoms with Gasteiger partial charge < -0.3 is 16.2 Å². The maximum Gasteiger partial charge on any atom is 0.318 e. The number of hydrogen-bond donors (Lipinski definition) is 3. The summed E-state index contributed by atoms with van der Waals surface area (Å²) >= 11 is 0. The van der Waals surface area contributed by atoms with Crippen molar-refractivity contribution in [3.05, 3.63) is 0 Å². The maximum absolute atomic E-state index is 11.6. The van der Waals surface area contributed by atoms with Crippen LogP contribution in [0.3, 0.4) is 0 Å². The second kappa shape index (κ2) is 8.08. The number of urea groups is 1. The average molecular weight is 272 g/mol. The van der Waals surface area contributed by atoms with Crippen molar-refractivity contribution in [2.75, 3.05) is 26.2 Å². The van der Waals surface area contributed by atoms with Crippen molar-refractivity contribution in [3.8, 4) is 0 Å². The fraction of sp³-hybridized carbons (Fsp3) is 0.833. The number of imide groups is 1. The highest BCUT2D eigenvalue weighted by Crippen LogP contribution is 2.16. The van der Waals surface area contributed by atoms with E-state index >= 15 is 0 Å². The van der Waals surface area contributed by atoms with Crippen molar-refractivity contribution in [3.63, 3.8) is 0 Å². The summed E-state index contributed by atoms with van der Waals surface area (Å²) in [6.07, 6.45) is 2.89. The van der Waals surface area contributed by atoms with Crippen LogP contribution >= 0.6 is 0 Å². The number of hydrogen-bond acceptors (Lipinski definition) is 5. The molecule has 0 aliphatic carbocycles. The molecule has 0 aromatic rings. The molecule has 0 radical (unpaired) electrons. The van der Waals surface area contributed by atoms with Crippen LogP contribution in [-0.4, -0.2) is 55.2 Å². The largest absolute Gasteiger partial charge is 0.378 e. The minimum Gasteiger partial charge on any atom is -0.378 e. The summed E-state index contributed by atoms with van der Waals surface area (Å²) in [6, 6.07) is -1.16. The lowest BCUT2D eigenvalue weighted by molar-refractivity contribution is -0.125. The van der Waals surface area contributed by atoms with Crippen LogP contribution in [0.1, 0.15) is 26.2 Å². The van der Waals surface area contributed by atoms with Crippen molar-refractivity contribution in [2.24, 2.45) is 11.5 Å². The molecular formula is C12H24N4O3. The number of nitrogens with one attached hydrogen (secondary N) is 1. The van der Waals surface area contributed by atoms with E-state index in [9.17, 15) is 9.59 Å². The number of amides is 3. The van der Waals surface area contributed by atoms with Gasteiger partial charge in [-0.1, -0.05) is 0 Å². The van der Waals surface area contributed by atoms with Gasteiger partial charge in [0, 0.05) is 19.7 Å². The first-order valence-electron chi connectivity index (χ1n) is 6.70. The molecule has 1 saturated heterocycles. The number of carbonyl (C=O) groups excluding carboxylic acids is 2. The lowest BCUT2D eigenvalue weighted by Crippen LogP contribution is -2.51. The van der Waals surface area contributed by atoms with E-state index in [-0.39, 0.29) is 18.1 Å². The number of nitrogens with two attached hydrogens (primary N) is 2. The van der Waals surface area contributed by atoms with Crippen LogP contribution in [0.25, 0.3) is 0 Å². The fourth-order valence-electron chi connectivity index (χ4n) is 2.15. The van der Waals surface area contributed by atoms with E-state index in [4.69, 9.17) is 16.2 Å². The van der Waals surface area contributed by atoms with Gasteiger partial charge in [0.2, 0.25) is 5.91 Å². The fourth-order valence-corrected chi connectivity index (χ4v) is 2.15. The molecule has 0 aromatic heterocycles. The topological polar surface area (TPSA) is 111 Å². The van der Waals surface area contributed by atoms with Gasteiger partial charge in [-0.05, 0) is 32.7 Å². The molecule has 1 aliphatic rings. The molecule has 7 heteroatoms. The maximum atomic E-state index is 11.6. The predicted molar refractivity (Wildman–Crippen MR) is 71.4 cm³/mol. The lowest BCUT2D eigenvalue weighted by atomic mass is 10.1. The molecule has 19 heavy (non-hydrogen) atoms. The molecule has 7 nitrogen and oxygen atoms in total. The zero-order chi connectivity index (χ0) is 14.3. The monoisotopic (exact) mass is 272 g/mol. The Labute approximate surface area is 113 Å². The number of piperidine rings is 1. The zero-order valence-electron chi connectivity index (χ0n) is 11.4. The Balaban J connectivity index is 2.28. The van der Waals surface area contributed by atoms with Crippen LogP contribution in [0.15, 0.2) is 0 Å². The third-order valence-electron chi connectivity index (χ3n) is 3.35. The molecule has 110 valence electrons. The average Bonchev–Trinajstić information content (AvgIpc) is 2.38. The van der Waals surface area contributed by atoms with Crippen molar-refractivity contribution >= 4 is 11.9 Å². The highest BCUT2D eigenvalue weighted by molar-refractivity contribution is 5.96. The highest BCUT2D eigenvalue weighted by atomic mass is 16.5. The van der Waals surface area contributed by atoms with Crippen LogP contribution in [0.5, 0.6) is 0 Å². The van der Waals surface area contributed by atoms with E-state index in [0.717, 1.165) is 32.4 Å².